The summed E-state index contributed by atoms with van der Waals surface area (Å²) in [5.41, 5.74) is 0. The van der Waals surface area contributed by atoms with Gasteiger partial charge in [0.25, 0.3) is 0 Å². The molecule has 2 aliphatic heterocycles. The second-order valence-electron chi connectivity index (χ2n) is 7.06. The average molecular weight is 265 g/mol. The van der Waals surface area contributed by atoms with Gasteiger partial charge in [0.15, 0.2) is 0 Å². The van der Waals surface area contributed by atoms with Gasteiger partial charge < -0.3 is 15.5 Å². The van der Waals surface area contributed by atoms with Crippen LogP contribution in [0.3, 0.4) is 0 Å². The van der Waals surface area contributed by atoms with E-state index in [9.17, 15) is 0 Å². The van der Waals surface area contributed by atoms with E-state index >= 15 is 0 Å². The lowest BCUT2D eigenvalue weighted by Gasteiger charge is -2.36. The molecule has 110 valence electrons. The molecule has 3 rings (SSSR count). The molecular formula is C16H31N3. The number of hydrogen-bond acceptors (Lipinski definition) is 3. The molecular weight excluding hydrogens is 234 g/mol. The summed E-state index contributed by atoms with van der Waals surface area (Å²) in [5.74, 6) is 2.94. The smallest absolute Gasteiger partial charge is 0.00642 e. The monoisotopic (exact) mass is 265 g/mol. The van der Waals surface area contributed by atoms with Gasteiger partial charge in [-0.3, -0.25) is 0 Å². The number of nitrogens with zero attached hydrogens (tertiary/aromatic N) is 1. The van der Waals surface area contributed by atoms with E-state index in [0.717, 1.165) is 23.8 Å². The van der Waals surface area contributed by atoms with Crippen LogP contribution in [0.25, 0.3) is 0 Å². The molecule has 0 aromatic heterocycles. The highest BCUT2D eigenvalue weighted by atomic mass is 15.1. The van der Waals surface area contributed by atoms with Crippen LogP contribution in [0.2, 0.25) is 0 Å². The fourth-order valence-electron chi connectivity index (χ4n) is 4.42. The summed E-state index contributed by atoms with van der Waals surface area (Å²) in [4.78, 5) is 2.75. The minimum Gasteiger partial charge on any atom is -0.317 e. The molecule has 0 amide bonds. The quantitative estimate of drug-likeness (QED) is 0.810. The van der Waals surface area contributed by atoms with Crippen molar-refractivity contribution in [3.8, 4) is 0 Å². The minimum absolute atomic E-state index is 0.802. The molecule has 1 aliphatic carbocycles. The van der Waals surface area contributed by atoms with Crippen molar-refractivity contribution in [2.24, 2.45) is 17.8 Å². The van der Waals surface area contributed by atoms with Crippen molar-refractivity contribution in [1.82, 2.24) is 15.5 Å². The van der Waals surface area contributed by atoms with Gasteiger partial charge in [-0.1, -0.05) is 0 Å². The Bertz CT molecular complexity index is 273. The van der Waals surface area contributed by atoms with E-state index in [2.05, 4.69) is 22.6 Å². The van der Waals surface area contributed by atoms with Crippen LogP contribution >= 0.6 is 0 Å². The SMILES string of the molecule is CNC1CCC(CCN2CC[C@H]3CNC[C@@H]3C2)CC1. The van der Waals surface area contributed by atoms with Gasteiger partial charge in [-0.25, -0.2) is 0 Å². The summed E-state index contributed by atoms with van der Waals surface area (Å²) in [6.45, 7) is 6.64. The summed E-state index contributed by atoms with van der Waals surface area (Å²) >= 11 is 0. The number of rotatable bonds is 4. The summed E-state index contributed by atoms with van der Waals surface area (Å²) in [5, 5.41) is 7.01. The predicted octanol–water partition coefficient (Wildman–Crippen LogP) is 1.70. The summed E-state index contributed by atoms with van der Waals surface area (Å²) in [6, 6.07) is 0.802. The van der Waals surface area contributed by atoms with Crippen LogP contribution in [0.5, 0.6) is 0 Å². The third-order valence-electron chi connectivity index (χ3n) is 5.90. The van der Waals surface area contributed by atoms with Gasteiger partial charge in [-0.2, -0.15) is 0 Å². The Morgan fingerprint density at radius 3 is 2.63 bits per heavy atom. The lowest BCUT2D eigenvalue weighted by Crippen LogP contribution is -2.41. The molecule has 0 radical (unpaired) electrons. The van der Waals surface area contributed by atoms with E-state index in [1.807, 2.05) is 0 Å². The fraction of sp³-hybridized carbons (Fsp3) is 1.00. The van der Waals surface area contributed by atoms with Crippen LogP contribution in [-0.4, -0.2) is 50.7 Å². The van der Waals surface area contributed by atoms with E-state index in [0.29, 0.717) is 0 Å². The van der Waals surface area contributed by atoms with Gasteiger partial charge in [0.1, 0.15) is 0 Å². The van der Waals surface area contributed by atoms with Crippen LogP contribution in [0.15, 0.2) is 0 Å². The van der Waals surface area contributed by atoms with E-state index in [4.69, 9.17) is 0 Å². The molecule has 3 heteroatoms. The van der Waals surface area contributed by atoms with Gasteiger partial charge in [0, 0.05) is 12.6 Å². The van der Waals surface area contributed by atoms with Crippen LogP contribution in [0.4, 0.5) is 0 Å². The first-order valence-electron chi connectivity index (χ1n) is 8.45. The number of piperidine rings is 1. The number of likely N-dealkylation sites (tertiary alicyclic amines) is 1. The van der Waals surface area contributed by atoms with E-state index < -0.39 is 0 Å². The third-order valence-corrected chi connectivity index (χ3v) is 5.90. The molecule has 0 aromatic rings. The third kappa shape index (κ3) is 3.50. The van der Waals surface area contributed by atoms with Crippen molar-refractivity contribution in [2.75, 3.05) is 39.8 Å². The van der Waals surface area contributed by atoms with Gasteiger partial charge >= 0.3 is 0 Å². The molecule has 3 nitrogen and oxygen atoms in total. The van der Waals surface area contributed by atoms with Crippen LogP contribution in [0, 0.1) is 17.8 Å². The highest BCUT2D eigenvalue weighted by Gasteiger charge is 2.32. The standard InChI is InChI=1S/C16H31N3/c1-17-16-4-2-13(3-5-16)6-8-19-9-7-14-10-18-11-15(14)12-19/h13-18H,2-12H2,1H3/t13?,14-,15+,16?/m0/s1. The number of nitrogens with one attached hydrogen (secondary N) is 2. The summed E-state index contributed by atoms with van der Waals surface area (Å²) in [7, 11) is 2.12. The normalized spacial score (nSPS) is 40.3. The van der Waals surface area contributed by atoms with E-state index in [-0.39, 0.29) is 0 Å². The molecule has 3 fully saturated rings. The Kier molecular flexibility index (Phi) is 4.78. The molecule has 0 aromatic carbocycles. The average Bonchev–Trinajstić information content (AvgIpc) is 2.93. The number of hydrogen-bond donors (Lipinski definition) is 2. The maximum absolute atomic E-state index is 3.57. The van der Waals surface area contributed by atoms with Crippen molar-refractivity contribution in [1.29, 1.82) is 0 Å². The first kappa shape index (κ1) is 13.8. The highest BCUT2D eigenvalue weighted by Crippen LogP contribution is 2.29. The van der Waals surface area contributed by atoms with Crippen LogP contribution < -0.4 is 10.6 Å². The van der Waals surface area contributed by atoms with Crippen LogP contribution in [0.1, 0.15) is 38.5 Å². The maximum atomic E-state index is 3.57. The Morgan fingerprint density at radius 2 is 1.84 bits per heavy atom. The summed E-state index contributed by atoms with van der Waals surface area (Å²) in [6.07, 6.45) is 8.58. The minimum atomic E-state index is 0.802. The van der Waals surface area contributed by atoms with E-state index in [1.165, 1.54) is 71.2 Å². The molecule has 0 bridgehead atoms. The second-order valence-corrected chi connectivity index (χ2v) is 7.06. The van der Waals surface area contributed by atoms with Crippen molar-refractivity contribution >= 4 is 0 Å². The fourth-order valence-corrected chi connectivity index (χ4v) is 4.42. The first-order chi connectivity index (χ1) is 9.35. The Hall–Kier alpha value is -0.120. The maximum Gasteiger partial charge on any atom is 0.00642 e. The topological polar surface area (TPSA) is 27.3 Å². The molecule has 2 heterocycles. The lowest BCUT2D eigenvalue weighted by molar-refractivity contribution is 0.135. The van der Waals surface area contributed by atoms with Crippen molar-refractivity contribution in [2.45, 2.75) is 44.6 Å². The van der Waals surface area contributed by atoms with Crippen molar-refractivity contribution in [3.63, 3.8) is 0 Å². The van der Waals surface area contributed by atoms with Gasteiger partial charge in [-0.15, -0.1) is 0 Å². The largest absolute Gasteiger partial charge is 0.317 e. The first-order valence-corrected chi connectivity index (χ1v) is 8.45. The second kappa shape index (κ2) is 6.55. The Morgan fingerprint density at radius 1 is 1.05 bits per heavy atom. The molecule has 2 saturated heterocycles. The highest BCUT2D eigenvalue weighted by molar-refractivity contribution is 4.88. The van der Waals surface area contributed by atoms with Gasteiger partial charge in [0.05, 0.1) is 0 Å². The lowest BCUT2D eigenvalue weighted by atomic mass is 9.83. The van der Waals surface area contributed by atoms with E-state index in [1.54, 1.807) is 0 Å². The van der Waals surface area contributed by atoms with Crippen LogP contribution in [-0.2, 0) is 0 Å². The molecule has 19 heavy (non-hydrogen) atoms. The Balaban J connectivity index is 1.36. The number of fused-ring (bicyclic) bond motifs is 1. The zero-order chi connectivity index (χ0) is 13.1. The molecule has 0 spiro atoms. The predicted molar refractivity (Wildman–Crippen MR) is 80.3 cm³/mol. The molecule has 2 atom stereocenters. The van der Waals surface area contributed by atoms with Crippen molar-refractivity contribution in [3.05, 3.63) is 0 Å². The summed E-state index contributed by atoms with van der Waals surface area (Å²) < 4.78 is 0. The molecule has 0 unspecified atom stereocenters. The van der Waals surface area contributed by atoms with Gasteiger partial charge in [-0.05, 0) is 89.5 Å². The molecule has 1 saturated carbocycles. The zero-order valence-electron chi connectivity index (χ0n) is 12.5. The van der Waals surface area contributed by atoms with Crippen molar-refractivity contribution < 1.29 is 0 Å². The Labute approximate surface area is 118 Å². The molecule has 3 aliphatic rings. The zero-order valence-corrected chi connectivity index (χ0v) is 12.5. The molecule has 2 N–H and O–H groups in total. The van der Waals surface area contributed by atoms with Gasteiger partial charge in [0.2, 0.25) is 0 Å².